The Kier molecular flexibility index (Phi) is 2.66. The van der Waals surface area contributed by atoms with Gasteiger partial charge in [-0.3, -0.25) is 4.79 Å². The fourth-order valence-electron chi connectivity index (χ4n) is 3.04. The van der Waals surface area contributed by atoms with Gasteiger partial charge in [-0.1, -0.05) is 6.42 Å². The topological polar surface area (TPSA) is 64.3 Å². The highest BCUT2D eigenvalue weighted by Gasteiger charge is 2.49. The SMILES string of the molecule is N#CCC(=O)N1C[C@H]2CCC[C@@]2(CO)C1. The van der Waals surface area contributed by atoms with E-state index in [9.17, 15) is 9.90 Å². The number of carbonyl (C=O) groups is 1. The predicted octanol–water partition coefficient (Wildman–Crippen LogP) is 0.521. The van der Waals surface area contributed by atoms with Crippen LogP contribution in [0.15, 0.2) is 0 Å². The number of rotatable bonds is 2. The molecule has 0 aromatic carbocycles. The summed E-state index contributed by atoms with van der Waals surface area (Å²) in [7, 11) is 0. The number of nitriles is 1. The number of likely N-dealkylation sites (tertiary alicyclic amines) is 1. The molecule has 4 heteroatoms. The summed E-state index contributed by atoms with van der Waals surface area (Å²) in [4.78, 5) is 13.3. The highest BCUT2D eigenvalue weighted by molar-refractivity contribution is 5.78. The van der Waals surface area contributed by atoms with E-state index in [0.29, 0.717) is 12.5 Å². The number of aliphatic hydroxyl groups is 1. The standard InChI is InChI=1S/C11H16N2O2/c12-5-3-10(15)13-6-9-2-1-4-11(9,7-13)8-14/h9,14H,1-4,6-8H2/t9-,11+/m1/s1. The molecule has 1 amide bonds. The number of hydrogen-bond acceptors (Lipinski definition) is 3. The lowest BCUT2D eigenvalue weighted by Gasteiger charge is -2.25. The van der Waals surface area contributed by atoms with E-state index < -0.39 is 0 Å². The van der Waals surface area contributed by atoms with Crippen LogP contribution in [-0.4, -0.2) is 35.6 Å². The number of amides is 1. The number of fused-ring (bicyclic) bond motifs is 1. The molecule has 0 bridgehead atoms. The molecule has 1 heterocycles. The summed E-state index contributed by atoms with van der Waals surface area (Å²) in [5, 5.41) is 17.9. The van der Waals surface area contributed by atoms with Gasteiger partial charge in [0.25, 0.3) is 0 Å². The molecule has 2 fully saturated rings. The van der Waals surface area contributed by atoms with E-state index in [-0.39, 0.29) is 24.3 Å². The molecule has 2 rings (SSSR count). The van der Waals surface area contributed by atoms with Gasteiger partial charge in [-0.2, -0.15) is 5.26 Å². The molecule has 82 valence electrons. The summed E-state index contributed by atoms with van der Waals surface area (Å²) in [5.74, 6) is 0.366. The quantitative estimate of drug-likeness (QED) is 0.719. The Hall–Kier alpha value is -1.08. The highest BCUT2D eigenvalue weighted by atomic mass is 16.3. The van der Waals surface area contributed by atoms with E-state index in [1.807, 2.05) is 6.07 Å². The minimum absolute atomic E-state index is 0.0335. The Labute approximate surface area is 89.5 Å². The van der Waals surface area contributed by atoms with Crippen molar-refractivity contribution in [2.24, 2.45) is 11.3 Å². The lowest BCUT2D eigenvalue weighted by molar-refractivity contribution is -0.129. The third kappa shape index (κ3) is 1.61. The van der Waals surface area contributed by atoms with Crippen LogP contribution < -0.4 is 0 Å². The molecule has 0 unspecified atom stereocenters. The molecule has 15 heavy (non-hydrogen) atoms. The average Bonchev–Trinajstić information content (AvgIpc) is 2.73. The largest absolute Gasteiger partial charge is 0.396 e. The fraction of sp³-hybridized carbons (Fsp3) is 0.818. The van der Waals surface area contributed by atoms with Crippen molar-refractivity contribution >= 4 is 5.91 Å². The van der Waals surface area contributed by atoms with Crippen LogP contribution >= 0.6 is 0 Å². The zero-order valence-electron chi connectivity index (χ0n) is 8.78. The monoisotopic (exact) mass is 208 g/mol. The van der Waals surface area contributed by atoms with E-state index in [4.69, 9.17) is 5.26 Å². The average molecular weight is 208 g/mol. The second-order valence-electron chi connectivity index (χ2n) is 4.72. The van der Waals surface area contributed by atoms with Crippen molar-refractivity contribution in [1.29, 1.82) is 5.26 Å². The zero-order chi connectivity index (χ0) is 10.9. The first kappa shape index (κ1) is 10.4. The van der Waals surface area contributed by atoms with Crippen LogP contribution in [0, 0.1) is 22.7 Å². The summed E-state index contributed by atoms with van der Waals surface area (Å²) in [6.07, 6.45) is 3.25. The molecule has 1 N–H and O–H groups in total. The maximum absolute atomic E-state index is 11.6. The number of nitrogens with zero attached hydrogens (tertiary/aromatic N) is 2. The van der Waals surface area contributed by atoms with E-state index in [0.717, 1.165) is 25.8 Å². The second kappa shape index (κ2) is 3.82. The Balaban J connectivity index is 2.05. The lowest BCUT2D eigenvalue weighted by atomic mass is 9.82. The van der Waals surface area contributed by atoms with Gasteiger partial charge in [0, 0.05) is 18.5 Å². The van der Waals surface area contributed by atoms with Crippen molar-refractivity contribution in [3.8, 4) is 6.07 Å². The molecule has 0 radical (unpaired) electrons. The molecule has 2 aliphatic rings. The smallest absolute Gasteiger partial charge is 0.236 e. The van der Waals surface area contributed by atoms with Crippen molar-refractivity contribution in [3.05, 3.63) is 0 Å². The first-order valence-corrected chi connectivity index (χ1v) is 5.47. The van der Waals surface area contributed by atoms with Gasteiger partial charge in [0.2, 0.25) is 5.91 Å². The summed E-state index contributed by atoms with van der Waals surface area (Å²) < 4.78 is 0. The molecule has 4 nitrogen and oxygen atoms in total. The molecule has 0 aromatic rings. The summed E-state index contributed by atoms with van der Waals surface area (Å²) in [6.45, 7) is 1.56. The predicted molar refractivity (Wildman–Crippen MR) is 53.7 cm³/mol. The Morgan fingerprint density at radius 1 is 1.67 bits per heavy atom. The molecule has 1 aliphatic carbocycles. The Morgan fingerprint density at radius 2 is 2.47 bits per heavy atom. The van der Waals surface area contributed by atoms with Crippen LogP contribution in [0.1, 0.15) is 25.7 Å². The molecule has 0 spiro atoms. The highest BCUT2D eigenvalue weighted by Crippen LogP contribution is 2.48. The van der Waals surface area contributed by atoms with E-state index in [2.05, 4.69) is 0 Å². The van der Waals surface area contributed by atoms with Crippen LogP contribution in [0.3, 0.4) is 0 Å². The third-order valence-corrected chi connectivity index (χ3v) is 3.94. The number of aliphatic hydroxyl groups excluding tert-OH is 1. The fourth-order valence-corrected chi connectivity index (χ4v) is 3.04. The molecular weight excluding hydrogens is 192 g/mol. The molecular formula is C11H16N2O2. The Morgan fingerprint density at radius 3 is 3.07 bits per heavy atom. The molecule has 0 aromatic heterocycles. The molecule has 1 saturated heterocycles. The van der Waals surface area contributed by atoms with Crippen LogP contribution in [0.2, 0.25) is 0 Å². The summed E-state index contributed by atoms with van der Waals surface area (Å²) in [6, 6.07) is 1.89. The number of hydrogen-bond donors (Lipinski definition) is 1. The summed E-state index contributed by atoms with van der Waals surface area (Å²) in [5.41, 5.74) is -0.0505. The van der Waals surface area contributed by atoms with Gasteiger partial charge in [0.15, 0.2) is 0 Å². The zero-order valence-corrected chi connectivity index (χ0v) is 8.78. The van der Waals surface area contributed by atoms with Crippen molar-refractivity contribution in [1.82, 2.24) is 4.90 Å². The second-order valence-corrected chi connectivity index (χ2v) is 4.72. The van der Waals surface area contributed by atoms with Gasteiger partial charge in [0.1, 0.15) is 6.42 Å². The van der Waals surface area contributed by atoms with Gasteiger partial charge in [-0.25, -0.2) is 0 Å². The third-order valence-electron chi connectivity index (χ3n) is 3.94. The molecule has 1 saturated carbocycles. The first-order valence-electron chi connectivity index (χ1n) is 5.47. The van der Waals surface area contributed by atoms with Gasteiger partial charge in [0.05, 0.1) is 12.7 Å². The minimum Gasteiger partial charge on any atom is -0.396 e. The van der Waals surface area contributed by atoms with E-state index in [1.165, 1.54) is 0 Å². The van der Waals surface area contributed by atoms with Crippen molar-refractivity contribution in [2.45, 2.75) is 25.7 Å². The molecule has 1 aliphatic heterocycles. The van der Waals surface area contributed by atoms with Crippen LogP contribution in [0.4, 0.5) is 0 Å². The maximum atomic E-state index is 11.6. The maximum Gasteiger partial charge on any atom is 0.236 e. The van der Waals surface area contributed by atoms with Gasteiger partial charge in [-0.05, 0) is 18.8 Å². The van der Waals surface area contributed by atoms with Crippen molar-refractivity contribution in [2.75, 3.05) is 19.7 Å². The number of carbonyl (C=O) groups excluding carboxylic acids is 1. The lowest BCUT2D eigenvalue weighted by Crippen LogP contribution is -2.33. The van der Waals surface area contributed by atoms with Gasteiger partial charge < -0.3 is 10.0 Å². The first-order chi connectivity index (χ1) is 7.22. The Bertz CT molecular complexity index is 310. The van der Waals surface area contributed by atoms with Crippen LogP contribution in [-0.2, 0) is 4.79 Å². The summed E-state index contributed by atoms with van der Waals surface area (Å²) >= 11 is 0. The van der Waals surface area contributed by atoms with Crippen molar-refractivity contribution in [3.63, 3.8) is 0 Å². The minimum atomic E-state index is -0.0836. The van der Waals surface area contributed by atoms with E-state index >= 15 is 0 Å². The van der Waals surface area contributed by atoms with Crippen LogP contribution in [0.5, 0.6) is 0 Å². The van der Waals surface area contributed by atoms with Gasteiger partial charge >= 0.3 is 0 Å². The van der Waals surface area contributed by atoms with Crippen molar-refractivity contribution < 1.29 is 9.90 Å². The van der Waals surface area contributed by atoms with Gasteiger partial charge in [-0.15, -0.1) is 0 Å². The van der Waals surface area contributed by atoms with E-state index in [1.54, 1.807) is 4.90 Å². The normalized spacial score (nSPS) is 33.9. The molecule has 2 atom stereocenters. The van der Waals surface area contributed by atoms with Crippen LogP contribution in [0.25, 0.3) is 0 Å².